The van der Waals surface area contributed by atoms with Gasteiger partial charge >= 0.3 is 0 Å². The summed E-state index contributed by atoms with van der Waals surface area (Å²) in [6.07, 6.45) is 2.06. The highest BCUT2D eigenvalue weighted by molar-refractivity contribution is 5.87. The van der Waals surface area contributed by atoms with E-state index in [1.54, 1.807) is 0 Å². The van der Waals surface area contributed by atoms with Gasteiger partial charge in [0.25, 0.3) is 0 Å². The van der Waals surface area contributed by atoms with Crippen LogP contribution in [0.5, 0.6) is 0 Å². The van der Waals surface area contributed by atoms with E-state index in [-0.39, 0.29) is 6.61 Å². The Morgan fingerprint density at radius 1 is 1.19 bits per heavy atom. The highest BCUT2D eigenvalue weighted by Crippen LogP contribution is 2.20. The molecule has 0 saturated carbocycles. The summed E-state index contributed by atoms with van der Waals surface area (Å²) in [4.78, 5) is 10.6. The first kappa shape index (κ1) is 10.8. The minimum atomic E-state index is 0.166. The average molecular weight is 214 g/mol. The molecule has 0 aliphatic heterocycles. The third-order valence-electron chi connectivity index (χ3n) is 2.74. The van der Waals surface area contributed by atoms with E-state index in [1.807, 2.05) is 30.3 Å². The van der Waals surface area contributed by atoms with Crippen molar-refractivity contribution in [1.82, 2.24) is 0 Å². The summed E-state index contributed by atoms with van der Waals surface area (Å²) in [5, 5.41) is 11.1. The lowest BCUT2D eigenvalue weighted by Crippen LogP contribution is -1.92. The second-order valence-electron chi connectivity index (χ2n) is 3.82. The quantitative estimate of drug-likeness (QED) is 0.791. The minimum absolute atomic E-state index is 0.166. The van der Waals surface area contributed by atoms with Crippen molar-refractivity contribution in [3.8, 4) is 0 Å². The normalized spacial score (nSPS) is 10.6. The molecule has 1 N–H and O–H groups in total. The molecule has 0 amide bonds. The van der Waals surface area contributed by atoms with E-state index >= 15 is 0 Å². The van der Waals surface area contributed by atoms with E-state index in [9.17, 15) is 4.79 Å². The zero-order valence-electron chi connectivity index (χ0n) is 9.02. The Morgan fingerprint density at radius 3 is 2.81 bits per heavy atom. The molecule has 2 aromatic rings. The van der Waals surface area contributed by atoms with E-state index in [2.05, 4.69) is 6.07 Å². The van der Waals surface area contributed by atoms with Gasteiger partial charge in [-0.2, -0.15) is 0 Å². The SMILES string of the molecule is O=CCc1cccc2cc(CCO)ccc12. The van der Waals surface area contributed by atoms with E-state index in [0.717, 1.165) is 28.2 Å². The first-order valence-corrected chi connectivity index (χ1v) is 5.40. The zero-order valence-corrected chi connectivity index (χ0v) is 9.02. The van der Waals surface area contributed by atoms with Crippen molar-refractivity contribution in [2.45, 2.75) is 12.8 Å². The van der Waals surface area contributed by atoms with E-state index in [1.165, 1.54) is 0 Å². The third kappa shape index (κ3) is 2.12. The van der Waals surface area contributed by atoms with Gasteiger partial charge in [0.1, 0.15) is 6.29 Å². The molecule has 0 atom stereocenters. The van der Waals surface area contributed by atoms with Crippen molar-refractivity contribution in [2.75, 3.05) is 6.61 Å². The average Bonchev–Trinajstić information content (AvgIpc) is 2.30. The van der Waals surface area contributed by atoms with E-state index < -0.39 is 0 Å². The van der Waals surface area contributed by atoms with Gasteiger partial charge in [-0.25, -0.2) is 0 Å². The summed E-state index contributed by atoms with van der Waals surface area (Å²) >= 11 is 0. The predicted molar refractivity (Wildman–Crippen MR) is 64.5 cm³/mol. The Bertz CT molecular complexity index is 503. The van der Waals surface area contributed by atoms with Gasteiger partial charge in [-0.15, -0.1) is 0 Å². The molecular weight excluding hydrogens is 200 g/mol. The summed E-state index contributed by atoms with van der Waals surface area (Å²) in [7, 11) is 0. The molecule has 16 heavy (non-hydrogen) atoms. The summed E-state index contributed by atoms with van der Waals surface area (Å²) in [5.41, 5.74) is 2.18. The topological polar surface area (TPSA) is 37.3 Å². The van der Waals surface area contributed by atoms with Crippen molar-refractivity contribution in [2.24, 2.45) is 0 Å². The van der Waals surface area contributed by atoms with Crippen LogP contribution in [0.4, 0.5) is 0 Å². The first-order chi connectivity index (χ1) is 7.85. The number of aldehydes is 1. The van der Waals surface area contributed by atoms with Crippen molar-refractivity contribution >= 4 is 17.1 Å². The highest BCUT2D eigenvalue weighted by Gasteiger charge is 2.01. The van der Waals surface area contributed by atoms with Crippen molar-refractivity contribution in [1.29, 1.82) is 0 Å². The monoisotopic (exact) mass is 214 g/mol. The lowest BCUT2D eigenvalue weighted by atomic mass is 10.00. The molecule has 2 rings (SSSR count). The van der Waals surface area contributed by atoms with Crippen molar-refractivity contribution in [3.63, 3.8) is 0 Å². The number of aliphatic hydroxyl groups excluding tert-OH is 1. The summed E-state index contributed by atoms with van der Waals surface area (Å²) in [5.74, 6) is 0. The molecule has 0 aliphatic rings. The number of fused-ring (bicyclic) bond motifs is 1. The number of carbonyl (C=O) groups is 1. The molecule has 0 aromatic heterocycles. The first-order valence-electron chi connectivity index (χ1n) is 5.40. The van der Waals surface area contributed by atoms with Crippen LogP contribution < -0.4 is 0 Å². The maximum Gasteiger partial charge on any atom is 0.124 e. The van der Waals surface area contributed by atoms with Gasteiger partial charge in [0.15, 0.2) is 0 Å². The zero-order chi connectivity index (χ0) is 11.4. The van der Waals surface area contributed by atoms with Crippen LogP contribution >= 0.6 is 0 Å². The van der Waals surface area contributed by atoms with Crippen LogP contribution in [0.1, 0.15) is 11.1 Å². The van der Waals surface area contributed by atoms with Crippen LogP contribution in [0.2, 0.25) is 0 Å². The van der Waals surface area contributed by atoms with Crippen LogP contribution in [0.25, 0.3) is 10.8 Å². The van der Waals surface area contributed by atoms with Gasteiger partial charge < -0.3 is 9.90 Å². The largest absolute Gasteiger partial charge is 0.396 e. The van der Waals surface area contributed by atoms with Crippen LogP contribution in [0, 0.1) is 0 Å². The van der Waals surface area contributed by atoms with Gasteiger partial charge in [0, 0.05) is 13.0 Å². The summed E-state index contributed by atoms with van der Waals surface area (Å²) < 4.78 is 0. The fraction of sp³-hybridized carbons (Fsp3) is 0.214. The molecule has 0 unspecified atom stereocenters. The third-order valence-corrected chi connectivity index (χ3v) is 2.74. The smallest absolute Gasteiger partial charge is 0.124 e. The number of benzene rings is 2. The van der Waals surface area contributed by atoms with Gasteiger partial charge in [0.05, 0.1) is 0 Å². The number of carbonyl (C=O) groups excluding carboxylic acids is 1. The van der Waals surface area contributed by atoms with Crippen LogP contribution in [0.3, 0.4) is 0 Å². The van der Waals surface area contributed by atoms with Gasteiger partial charge in [-0.05, 0) is 28.3 Å². The summed E-state index contributed by atoms with van der Waals surface area (Å²) in [6, 6.07) is 12.1. The summed E-state index contributed by atoms with van der Waals surface area (Å²) in [6.45, 7) is 0.166. The Hall–Kier alpha value is -1.67. The van der Waals surface area contributed by atoms with Gasteiger partial charge in [0.2, 0.25) is 0 Å². The van der Waals surface area contributed by atoms with Crippen molar-refractivity contribution < 1.29 is 9.90 Å². The second-order valence-corrected chi connectivity index (χ2v) is 3.82. The minimum Gasteiger partial charge on any atom is -0.396 e. The molecule has 2 aromatic carbocycles. The maximum atomic E-state index is 10.6. The Morgan fingerprint density at radius 2 is 2.06 bits per heavy atom. The molecule has 0 aliphatic carbocycles. The highest BCUT2D eigenvalue weighted by atomic mass is 16.2. The fourth-order valence-corrected chi connectivity index (χ4v) is 1.95. The molecule has 2 nitrogen and oxygen atoms in total. The van der Waals surface area contributed by atoms with Gasteiger partial charge in [-0.1, -0.05) is 36.4 Å². The van der Waals surface area contributed by atoms with Crippen LogP contribution in [-0.4, -0.2) is 18.0 Å². The molecule has 0 saturated heterocycles. The molecule has 0 spiro atoms. The Balaban J connectivity index is 2.50. The van der Waals surface area contributed by atoms with Crippen molar-refractivity contribution in [3.05, 3.63) is 47.5 Å². The molecule has 0 heterocycles. The van der Waals surface area contributed by atoms with E-state index in [0.29, 0.717) is 12.8 Å². The molecule has 0 fully saturated rings. The Kier molecular flexibility index (Phi) is 3.32. The second kappa shape index (κ2) is 4.90. The number of rotatable bonds is 4. The molecule has 0 bridgehead atoms. The molecule has 0 radical (unpaired) electrons. The lowest BCUT2D eigenvalue weighted by Gasteiger charge is -2.05. The fourth-order valence-electron chi connectivity index (χ4n) is 1.95. The lowest BCUT2D eigenvalue weighted by molar-refractivity contribution is -0.107. The number of hydrogen-bond acceptors (Lipinski definition) is 2. The van der Waals surface area contributed by atoms with Crippen LogP contribution in [0.15, 0.2) is 36.4 Å². The standard InChI is InChI=1S/C14H14O2/c15-8-6-11-4-5-14-12(7-9-16)2-1-3-13(14)10-11/h1-5,9-10,15H,6-8H2. The predicted octanol–water partition coefficient (Wildman–Crippen LogP) is 2.12. The number of hydrogen-bond donors (Lipinski definition) is 1. The van der Waals surface area contributed by atoms with Crippen LogP contribution in [-0.2, 0) is 17.6 Å². The Labute approximate surface area is 94.5 Å². The maximum absolute atomic E-state index is 10.6. The van der Waals surface area contributed by atoms with Gasteiger partial charge in [-0.3, -0.25) is 0 Å². The van der Waals surface area contributed by atoms with E-state index in [4.69, 9.17) is 5.11 Å². The molecule has 82 valence electrons. The molecule has 2 heteroatoms. The number of aliphatic hydroxyl groups is 1. The molecular formula is C14H14O2.